The maximum atomic E-state index is 12.2. The van der Waals surface area contributed by atoms with Crippen molar-refractivity contribution in [3.63, 3.8) is 0 Å². The van der Waals surface area contributed by atoms with Crippen LogP contribution in [0.25, 0.3) is 0 Å². The lowest BCUT2D eigenvalue weighted by Gasteiger charge is -2.29. The molecule has 2 aromatic carbocycles. The van der Waals surface area contributed by atoms with Gasteiger partial charge in [-0.2, -0.15) is 0 Å². The Morgan fingerprint density at radius 1 is 0.765 bits per heavy atom. The van der Waals surface area contributed by atoms with Crippen molar-refractivity contribution < 1.29 is 19.1 Å². The fraction of sp³-hybridized carbons (Fsp3) is 0.462. The van der Waals surface area contributed by atoms with Crippen molar-refractivity contribution in [1.29, 1.82) is 0 Å². The molecule has 8 heteroatoms. The molecule has 0 aliphatic heterocycles. The average Bonchev–Trinajstić information content (AvgIpc) is 2.88. The Morgan fingerprint density at radius 3 is 1.68 bits per heavy atom. The van der Waals surface area contributed by atoms with Crippen LogP contribution in [-0.4, -0.2) is 39.4 Å². The van der Waals surface area contributed by atoms with E-state index in [0.29, 0.717) is 38.0 Å². The van der Waals surface area contributed by atoms with Gasteiger partial charge in [-0.05, 0) is 66.5 Å². The molecule has 4 N–H and O–H groups in total. The van der Waals surface area contributed by atoms with Crippen LogP contribution in [0, 0.1) is 11.8 Å². The Hall–Kier alpha value is -3.42. The summed E-state index contributed by atoms with van der Waals surface area (Å²) >= 11 is 0. The molecule has 3 rings (SSSR count). The maximum absolute atomic E-state index is 12.2. The third kappa shape index (κ3) is 8.50. The van der Waals surface area contributed by atoms with Crippen LogP contribution in [0.3, 0.4) is 0 Å². The standard InChI is InChI=1S/C26H36N4O4/c1-33-23-10-4-8-21(13-23)17-29-25(31)27-15-19-6-3-7-20(12-19)16-28-26(32)30-18-22-9-5-11-24(14-22)34-2/h4-5,8-11,13-14,19-20H,3,6-7,12,15-18H2,1-2H3,(H2,27,29,31)(H2,28,30,32)/t19-,20-/m1/s1. The number of urea groups is 2. The predicted molar refractivity (Wildman–Crippen MR) is 132 cm³/mol. The van der Waals surface area contributed by atoms with Crippen LogP contribution in [0.4, 0.5) is 9.59 Å². The van der Waals surface area contributed by atoms with Gasteiger partial charge in [-0.15, -0.1) is 0 Å². The SMILES string of the molecule is COc1cccc(CNC(=O)NC[C@@H]2CCC[C@@H](CNC(=O)NCc3cccc(OC)c3)C2)c1. The van der Waals surface area contributed by atoms with Gasteiger partial charge in [0.15, 0.2) is 0 Å². The van der Waals surface area contributed by atoms with E-state index in [1.807, 2.05) is 48.5 Å². The average molecular weight is 469 g/mol. The summed E-state index contributed by atoms with van der Waals surface area (Å²) in [7, 11) is 3.25. The first-order chi connectivity index (χ1) is 16.6. The lowest BCUT2D eigenvalue weighted by atomic mass is 9.81. The van der Waals surface area contributed by atoms with Gasteiger partial charge in [0, 0.05) is 26.2 Å². The zero-order chi connectivity index (χ0) is 24.2. The third-order valence-corrected chi connectivity index (χ3v) is 6.17. The van der Waals surface area contributed by atoms with Crippen molar-refractivity contribution in [3.8, 4) is 11.5 Å². The van der Waals surface area contributed by atoms with Gasteiger partial charge in [-0.1, -0.05) is 30.7 Å². The Bertz CT molecular complexity index is 863. The molecule has 34 heavy (non-hydrogen) atoms. The number of methoxy groups -OCH3 is 2. The third-order valence-electron chi connectivity index (χ3n) is 6.17. The fourth-order valence-electron chi connectivity index (χ4n) is 4.30. The zero-order valence-electron chi connectivity index (χ0n) is 20.1. The summed E-state index contributed by atoms with van der Waals surface area (Å²) in [4.78, 5) is 24.4. The molecular formula is C26H36N4O4. The molecule has 0 heterocycles. The van der Waals surface area contributed by atoms with E-state index in [1.54, 1.807) is 14.2 Å². The minimum absolute atomic E-state index is 0.167. The van der Waals surface area contributed by atoms with E-state index in [2.05, 4.69) is 21.3 Å². The first-order valence-electron chi connectivity index (χ1n) is 11.8. The topological polar surface area (TPSA) is 101 Å². The van der Waals surface area contributed by atoms with Crippen LogP contribution in [0.15, 0.2) is 48.5 Å². The molecule has 0 radical (unpaired) electrons. The number of rotatable bonds is 10. The summed E-state index contributed by atoms with van der Waals surface area (Å²) < 4.78 is 10.4. The molecule has 2 aromatic rings. The maximum Gasteiger partial charge on any atom is 0.315 e. The van der Waals surface area contributed by atoms with Crippen molar-refractivity contribution >= 4 is 12.1 Å². The Labute approximate surface area is 201 Å². The van der Waals surface area contributed by atoms with E-state index in [9.17, 15) is 9.59 Å². The van der Waals surface area contributed by atoms with Crippen LogP contribution in [0.1, 0.15) is 36.8 Å². The van der Waals surface area contributed by atoms with E-state index in [1.165, 1.54) is 0 Å². The second-order valence-electron chi connectivity index (χ2n) is 8.73. The highest BCUT2D eigenvalue weighted by Crippen LogP contribution is 2.28. The van der Waals surface area contributed by atoms with E-state index in [0.717, 1.165) is 48.3 Å². The Balaban J connectivity index is 1.31. The van der Waals surface area contributed by atoms with Gasteiger partial charge in [0.25, 0.3) is 0 Å². The number of amides is 4. The molecule has 0 bridgehead atoms. The van der Waals surface area contributed by atoms with Gasteiger partial charge in [-0.25, -0.2) is 9.59 Å². The van der Waals surface area contributed by atoms with Gasteiger partial charge in [0.05, 0.1) is 14.2 Å². The molecular weight excluding hydrogens is 432 g/mol. The summed E-state index contributed by atoms with van der Waals surface area (Å²) in [5, 5.41) is 11.8. The molecule has 1 fully saturated rings. The number of benzene rings is 2. The van der Waals surface area contributed by atoms with E-state index in [-0.39, 0.29) is 12.1 Å². The Morgan fingerprint density at radius 2 is 1.24 bits per heavy atom. The number of nitrogens with one attached hydrogen (secondary N) is 4. The summed E-state index contributed by atoms with van der Waals surface area (Å²) in [5.74, 6) is 2.39. The van der Waals surface area contributed by atoms with Crippen molar-refractivity contribution in [2.24, 2.45) is 11.8 Å². The van der Waals surface area contributed by atoms with Crippen LogP contribution in [0.2, 0.25) is 0 Å². The summed E-state index contributed by atoms with van der Waals surface area (Å²) in [6, 6.07) is 15.0. The summed E-state index contributed by atoms with van der Waals surface area (Å²) in [6.07, 6.45) is 4.28. The van der Waals surface area contributed by atoms with Crippen LogP contribution >= 0.6 is 0 Å². The highest BCUT2D eigenvalue weighted by atomic mass is 16.5. The minimum atomic E-state index is -0.167. The smallest absolute Gasteiger partial charge is 0.315 e. The first kappa shape index (κ1) is 25.2. The van der Waals surface area contributed by atoms with Gasteiger partial charge >= 0.3 is 12.1 Å². The molecule has 4 amide bonds. The molecule has 1 aliphatic rings. The van der Waals surface area contributed by atoms with Gasteiger partial charge in [-0.3, -0.25) is 0 Å². The predicted octanol–water partition coefficient (Wildman–Crippen LogP) is 3.81. The monoisotopic (exact) mass is 468 g/mol. The van der Waals surface area contributed by atoms with Crippen molar-refractivity contribution in [2.45, 2.75) is 38.8 Å². The minimum Gasteiger partial charge on any atom is -0.497 e. The van der Waals surface area contributed by atoms with Crippen LogP contribution in [0.5, 0.6) is 11.5 Å². The molecule has 8 nitrogen and oxygen atoms in total. The van der Waals surface area contributed by atoms with Crippen molar-refractivity contribution in [2.75, 3.05) is 27.3 Å². The highest BCUT2D eigenvalue weighted by molar-refractivity contribution is 5.74. The molecule has 2 atom stereocenters. The highest BCUT2D eigenvalue weighted by Gasteiger charge is 2.22. The molecule has 0 spiro atoms. The second-order valence-corrected chi connectivity index (χ2v) is 8.73. The van der Waals surface area contributed by atoms with Crippen molar-refractivity contribution in [3.05, 3.63) is 59.7 Å². The van der Waals surface area contributed by atoms with Gasteiger partial charge in [0.1, 0.15) is 11.5 Å². The normalized spacial score (nSPS) is 17.4. The quantitative estimate of drug-likeness (QED) is 0.426. The number of carbonyl (C=O) groups is 2. The van der Waals surface area contributed by atoms with E-state index in [4.69, 9.17) is 9.47 Å². The molecule has 1 saturated carbocycles. The number of hydrogen-bond donors (Lipinski definition) is 4. The zero-order valence-corrected chi connectivity index (χ0v) is 20.1. The van der Waals surface area contributed by atoms with Crippen LogP contribution < -0.4 is 30.7 Å². The second kappa shape index (κ2) is 13.3. The molecule has 184 valence electrons. The summed E-state index contributed by atoms with van der Waals surface area (Å²) in [5.41, 5.74) is 1.98. The first-order valence-corrected chi connectivity index (χ1v) is 11.8. The summed E-state index contributed by atoms with van der Waals surface area (Å²) in [6.45, 7) is 2.18. The van der Waals surface area contributed by atoms with E-state index >= 15 is 0 Å². The van der Waals surface area contributed by atoms with Gasteiger partial charge in [0.2, 0.25) is 0 Å². The number of carbonyl (C=O) groups excluding carboxylic acids is 2. The van der Waals surface area contributed by atoms with Crippen molar-refractivity contribution in [1.82, 2.24) is 21.3 Å². The number of ether oxygens (including phenoxy) is 2. The fourth-order valence-corrected chi connectivity index (χ4v) is 4.30. The Kier molecular flexibility index (Phi) is 9.88. The molecule has 1 aliphatic carbocycles. The number of hydrogen-bond acceptors (Lipinski definition) is 4. The molecule has 0 aromatic heterocycles. The molecule has 0 unspecified atom stereocenters. The molecule has 0 saturated heterocycles. The van der Waals surface area contributed by atoms with Crippen LogP contribution in [-0.2, 0) is 13.1 Å². The van der Waals surface area contributed by atoms with Gasteiger partial charge < -0.3 is 30.7 Å². The lowest BCUT2D eigenvalue weighted by Crippen LogP contribution is -2.41. The lowest BCUT2D eigenvalue weighted by molar-refractivity contribution is 0.221. The largest absolute Gasteiger partial charge is 0.497 e. The van der Waals surface area contributed by atoms with E-state index < -0.39 is 0 Å².